The number of hydrogen-bond donors (Lipinski definition) is 4. The van der Waals surface area contributed by atoms with E-state index in [1.807, 2.05) is 0 Å². The number of carboxylic acid groups (broad SMARTS) is 1. The SMILES string of the molecule is CCN(O)[C@@](O)(CO)C(=O)O. The molecule has 0 rings (SSSR count). The van der Waals surface area contributed by atoms with Crippen molar-refractivity contribution in [2.24, 2.45) is 0 Å². The Balaban J connectivity index is 4.45. The highest BCUT2D eigenvalue weighted by molar-refractivity contribution is 5.76. The Labute approximate surface area is 63.3 Å². The minimum atomic E-state index is -2.59. The van der Waals surface area contributed by atoms with Crippen LogP contribution in [0.4, 0.5) is 0 Å². The van der Waals surface area contributed by atoms with Gasteiger partial charge >= 0.3 is 5.97 Å². The van der Waals surface area contributed by atoms with Gasteiger partial charge in [-0.3, -0.25) is 0 Å². The Kier molecular flexibility index (Phi) is 3.40. The lowest BCUT2D eigenvalue weighted by Crippen LogP contribution is -2.56. The third-order valence-corrected chi connectivity index (χ3v) is 1.29. The van der Waals surface area contributed by atoms with Gasteiger partial charge in [-0.2, -0.15) is 0 Å². The maximum Gasteiger partial charge on any atom is 0.356 e. The van der Waals surface area contributed by atoms with E-state index in [0.29, 0.717) is 0 Å². The van der Waals surface area contributed by atoms with E-state index in [1.54, 1.807) is 0 Å². The van der Waals surface area contributed by atoms with Crippen LogP contribution in [0.5, 0.6) is 0 Å². The summed E-state index contributed by atoms with van der Waals surface area (Å²) in [5, 5.41) is 34.7. The molecule has 0 aromatic carbocycles. The number of likely N-dealkylation sites (N-methyl/N-ethyl adjacent to an activating group) is 1. The van der Waals surface area contributed by atoms with Gasteiger partial charge in [-0.1, -0.05) is 0 Å². The quantitative estimate of drug-likeness (QED) is 0.297. The molecule has 0 aliphatic carbocycles. The second kappa shape index (κ2) is 3.63. The normalized spacial score (nSPS) is 16.5. The fraction of sp³-hybridized carbons (Fsp3) is 0.800. The van der Waals surface area contributed by atoms with Crippen LogP contribution >= 0.6 is 0 Å². The van der Waals surface area contributed by atoms with Crippen molar-refractivity contribution in [3.63, 3.8) is 0 Å². The molecule has 0 aliphatic heterocycles. The van der Waals surface area contributed by atoms with E-state index in [2.05, 4.69) is 0 Å². The number of carboxylic acids is 1. The van der Waals surface area contributed by atoms with Crippen LogP contribution in [0.25, 0.3) is 0 Å². The molecule has 4 N–H and O–H groups in total. The third kappa shape index (κ3) is 1.87. The lowest BCUT2D eigenvalue weighted by atomic mass is 10.2. The van der Waals surface area contributed by atoms with E-state index in [0.717, 1.165) is 0 Å². The summed E-state index contributed by atoms with van der Waals surface area (Å²) in [6.07, 6.45) is 0. The zero-order valence-electron chi connectivity index (χ0n) is 6.06. The van der Waals surface area contributed by atoms with Gasteiger partial charge in [0.2, 0.25) is 0 Å². The Morgan fingerprint density at radius 2 is 2.09 bits per heavy atom. The molecule has 0 amide bonds. The molecule has 0 aromatic heterocycles. The zero-order chi connectivity index (χ0) is 9.07. The van der Waals surface area contributed by atoms with Crippen molar-refractivity contribution >= 4 is 5.97 Å². The number of aliphatic hydroxyl groups is 2. The number of nitrogens with zero attached hydrogens (tertiary/aromatic N) is 1. The molecule has 0 unspecified atom stereocenters. The Hall–Kier alpha value is -0.690. The number of rotatable bonds is 4. The Morgan fingerprint density at radius 1 is 1.64 bits per heavy atom. The first kappa shape index (κ1) is 10.3. The van der Waals surface area contributed by atoms with Gasteiger partial charge in [0.1, 0.15) is 0 Å². The van der Waals surface area contributed by atoms with E-state index >= 15 is 0 Å². The van der Waals surface area contributed by atoms with Gasteiger partial charge in [-0.25, -0.2) is 4.79 Å². The molecule has 0 bridgehead atoms. The van der Waals surface area contributed by atoms with E-state index in [4.69, 9.17) is 20.5 Å². The first-order valence-electron chi connectivity index (χ1n) is 3.02. The third-order valence-electron chi connectivity index (χ3n) is 1.29. The molecular formula is C5H11NO5. The van der Waals surface area contributed by atoms with Gasteiger partial charge < -0.3 is 20.5 Å². The van der Waals surface area contributed by atoms with Crippen molar-refractivity contribution in [2.75, 3.05) is 13.2 Å². The van der Waals surface area contributed by atoms with Crippen LogP contribution in [0.3, 0.4) is 0 Å². The highest BCUT2D eigenvalue weighted by Gasteiger charge is 2.40. The molecule has 6 heteroatoms. The van der Waals surface area contributed by atoms with Crippen LogP contribution in [-0.4, -0.2) is 50.4 Å². The first-order valence-corrected chi connectivity index (χ1v) is 3.02. The molecule has 0 aromatic rings. The van der Waals surface area contributed by atoms with Gasteiger partial charge in [0, 0.05) is 6.54 Å². The van der Waals surface area contributed by atoms with Crippen LogP contribution < -0.4 is 0 Å². The van der Waals surface area contributed by atoms with Crippen molar-refractivity contribution in [2.45, 2.75) is 12.6 Å². The van der Waals surface area contributed by atoms with Crippen molar-refractivity contribution in [1.29, 1.82) is 0 Å². The van der Waals surface area contributed by atoms with Crippen LogP contribution in [0.2, 0.25) is 0 Å². The molecule has 0 fully saturated rings. The minimum absolute atomic E-state index is 0.0939. The van der Waals surface area contributed by atoms with Crippen molar-refractivity contribution in [3.05, 3.63) is 0 Å². The highest BCUT2D eigenvalue weighted by Crippen LogP contribution is 2.07. The minimum Gasteiger partial charge on any atom is -0.478 e. The maximum absolute atomic E-state index is 10.2. The predicted molar refractivity (Wildman–Crippen MR) is 33.8 cm³/mol. The monoisotopic (exact) mass is 165 g/mol. The first-order chi connectivity index (χ1) is 4.99. The number of aliphatic hydroxyl groups excluding tert-OH is 1. The lowest BCUT2D eigenvalue weighted by Gasteiger charge is -2.27. The summed E-state index contributed by atoms with van der Waals surface area (Å²) in [6, 6.07) is 0. The summed E-state index contributed by atoms with van der Waals surface area (Å²) >= 11 is 0. The lowest BCUT2D eigenvalue weighted by molar-refractivity contribution is -0.270. The smallest absolute Gasteiger partial charge is 0.356 e. The number of hydroxylamine groups is 2. The molecule has 0 heterocycles. The molecule has 6 nitrogen and oxygen atoms in total. The summed E-state index contributed by atoms with van der Waals surface area (Å²) in [5.74, 6) is -1.69. The van der Waals surface area contributed by atoms with Crippen LogP contribution in [-0.2, 0) is 4.79 Å². The second-order valence-electron chi connectivity index (χ2n) is 2.00. The van der Waals surface area contributed by atoms with Gasteiger partial charge in [-0.15, -0.1) is 5.06 Å². The van der Waals surface area contributed by atoms with E-state index in [9.17, 15) is 4.79 Å². The average Bonchev–Trinajstić information content (AvgIpc) is 2.01. The molecule has 0 saturated carbocycles. The van der Waals surface area contributed by atoms with Gasteiger partial charge in [0.25, 0.3) is 5.72 Å². The zero-order valence-corrected chi connectivity index (χ0v) is 6.06. The fourth-order valence-electron chi connectivity index (χ4n) is 0.521. The number of carbonyl (C=O) groups is 1. The number of aliphatic carboxylic acids is 1. The summed E-state index contributed by atoms with van der Waals surface area (Å²) in [4.78, 5) is 10.2. The molecule has 66 valence electrons. The Bertz CT molecular complexity index is 150. The second-order valence-corrected chi connectivity index (χ2v) is 2.00. The predicted octanol–water partition coefficient (Wildman–Crippen LogP) is -1.54. The average molecular weight is 165 g/mol. The summed E-state index contributed by atoms with van der Waals surface area (Å²) in [7, 11) is 0. The molecule has 0 saturated heterocycles. The molecular weight excluding hydrogens is 154 g/mol. The standard InChI is InChI=1S/C5H11NO5/c1-2-6(11)5(10,3-7)4(8)9/h7,10-11H,2-3H2,1H3,(H,8,9)/t5-/m1/s1. The molecule has 0 spiro atoms. The van der Waals surface area contributed by atoms with E-state index in [1.165, 1.54) is 6.92 Å². The van der Waals surface area contributed by atoms with Gasteiger partial charge in [-0.05, 0) is 6.92 Å². The summed E-state index contributed by atoms with van der Waals surface area (Å²) < 4.78 is 0. The Morgan fingerprint density at radius 3 is 2.18 bits per heavy atom. The van der Waals surface area contributed by atoms with E-state index in [-0.39, 0.29) is 11.6 Å². The van der Waals surface area contributed by atoms with Crippen molar-refractivity contribution in [3.8, 4) is 0 Å². The summed E-state index contributed by atoms with van der Waals surface area (Å²) in [6.45, 7) is 0.277. The van der Waals surface area contributed by atoms with Crippen LogP contribution in [0, 0.1) is 0 Å². The van der Waals surface area contributed by atoms with E-state index < -0.39 is 18.3 Å². The molecule has 11 heavy (non-hydrogen) atoms. The molecule has 0 aliphatic rings. The van der Waals surface area contributed by atoms with Crippen LogP contribution in [0.1, 0.15) is 6.92 Å². The summed E-state index contributed by atoms with van der Waals surface area (Å²) in [5.41, 5.74) is -2.59. The van der Waals surface area contributed by atoms with Crippen molar-refractivity contribution in [1.82, 2.24) is 5.06 Å². The van der Waals surface area contributed by atoms with Gasteiger partial charge in [0.05, 0.1) is 6.61 Å². The topological polar surface area (TPSA) is 101 Å². The number of hydrogen-bond acceptors (Lipinski definition) is 5. The largest absolute Gasteiger partial charge is 0.478 e. The van der Waals surface area contributed by atoms with Gasteiger partial charge in [0.15, 0.2) is 0 Å². The van der Waals surface area contributed by atoms with Crippen LogP contribution in [0.15, 0.2) is 0 Å². The fourth-order valence-corrected chi connectivity index (χ4v) is 0.521. The maximum atomic E-state index is 10.2. The molecule has 1 atom stereocenters. The van der Waals surface area contributed by atoms with Crippen molar-refractivity contribution < 1.29 is 25.3 Å². The molecule has 0 radical (unpaired) electrons. The highest BCUT2D eigenvalue weighted by atomic mass is 16.6.